The molecule has 23 heavy (non-hydrogen) atoms. The Kier molecular flexibility index (Phi) is 4.71. The monoisotopic (exact) mass is 311 g/mol. The molecule has 120 valence electrons. The van der Waals surface area contributed by atoms with Gasteiger partial charge in [0.1, 0.15) is 0 Å². The van der Waals surface area contributed by atoms with Crippen LogP contribution in [0.2, 0.25) is 0 Å². The molecule has 6 nitrogen and oxygen atoms in total. The van der Waals surface area contributed by atoms with Crippen molar-refractivity contribution in [3.63, 3.8) is 0 Å². The molecule has 2 aromatic rings. The van der Waals surface area contributed by atoms with Gasteiger partial charge in [-0.15, -0.1) is 0 Å². The molecule has 0 aliphatic carbocycles. The number of benzene rings is 1. The molecule has 2 heterocycles. The molecule has 0 unspecified atom stereocenters. The Hall–Kier alpha value is -2.63. The third-order valence-corrected chi connectivity index (χ3v) is 3.83. The summed E-state index contributed by atoms with van der Waals surface area (Å²) in [5, 5.41) is 5.63. The fourth-order valence-electron chi connectivity index (χ4n) is 2.54. The summed E-state index contributed by atoms with van der Waals surface area (Å²) in [6.45, 7) is 4.40. The Morgan fingerprint density at radius 1 is 1.17 bits per heavy atom. The molecule has 0 radical (unpaired) electrons. The average molecular weight is 311 g/mol. The largest absolute Gasteiger partial charge is 0.341 e. The number of carbonyl (C=O) groups excluding carboxylic acids is 1. The van der Waals surface area contributed by atoms with Crippen molar-refractivity contribution < 1.29 is 4.79 Å². The number of nitrogens with zero attached hydrogens (tertiary/aromatic N) is 3. The minimum atomic E-state index is -0.241. The number of nitrogens with one attached hydrogen (secondary N) is 2. The molecule has 1 aromatic heterocycles. The van der Waals surface area contributed by atoms with E-state index in [4.69, 9.17) is 0 Å². The predicted molar refractivity (Wildman–Crippen MR) is 90.5 cm³/mol. The fraction of sp³-hybridized carbons (Fsp3) is 0.353. The molecule has 1 aliphatic rings. The van der Waals surface area contributed by atoms with E-state index in [-0.39, 0.29) is 6.03 Å². The van der Waals surface area contributed by atoms with Crippen LogP contribution >= 0.6 is 0 Å². The van der Waals surface area contributed by atoms with Crippen molar-refractivity contribution in [2.45, 2.75) is 26.3 Å². The highest BCUT2D eigenvalue weighted by atomic mass is 16.2. The molecule has 1 fully saturated rings. The van der Waals surface area contributed by atoms with Crippen LogP contribution in [0.1, 0.15) is 24.1 Å². The minimum Gasteiger partial charge on any atom is -0.341 e. The zero-order chi connectivity index (χ0) is 16.1. The summed E-state index contributed by atoms with van der Waals surface area (Å²) in [6.07, 6.45) is 4.12. The first-order valence-corrected chi connectivity index (χ1v) is 7.89. The maximum Gasteiger partial charge on any atom is 0.319 e. The number of aromatic nitrogens is 2. The number of amides is 2. The van der Waals surface area contributed by atoms with Gasteiger partial charge in [-0.3, -0.25) is 0 Å². The Morgan fingerprint density at radius 3 is 2.65 bits per heavy atom. The second-order valence-electron chi connectivity index (χ2n) is 5.72. The van der Waals surface area contributed by atoms with Gasteiger partial charge < -0.3 is 15.5 Å². The molecule has 0 spiro atoms. The van der Waals surface area contributed by atoms with Crippen LogP contribution in [0.3, 0.4) is 0 Å². The summed E-state index contributed by atoms with van der Waals surface area (Å²) in [6, 6.07) is 9.27. The Balaban J connectivity index is 1.54. The molecule has 0 saturated carbocycles. The normalized spacial score (nSPS) is 13.9. The number of carbonyl (C=O) groups is 1. The highest BCUT2D eigenvalue weighted by Crippen LogP contribution is 2.15. The molecule has 0 bridgehead atoms. The first-order valence-electron chi connectivity index (χ1n) is 7.89. The fourth-order valence-corrected chi connectivity index (χ4v) is 2.54. The molecule has 2 N–H and O–H groups in total. The molecular weight excluding hydrogens is 290 g/mol. The number of hydrogen-bond acceptors (Lipinski definition) is 4. The lowest BCUT2D eigenvalue weighted by Gasteiger charge is -2.15. The van der Waals surface area contributed by atoms with Gasteiger partial charge in [0.15, 0.2) is 0 Å². The van der Waals surface area contributed by atoms with E-state index in [1.54, 1.807) is 6.20 Å². The van der Waals surface area contributed by atoms with Crippen LogP contribution in [-0.4, -0.2) is 29.1 Å². The topological polar surface area (TPSA) is 70.2 Å². The summed E-state index contributed by atoms with van der Waals surface area (Å²) in [4.78, 5) is 22.9. The van der Waals surface area contributed by atoms with Gasteiger partial charge in [0.05, 0.1) is 12.2 Å². The van der Waals surface area contributed by atoms with Gasteiger partial charge in [0.25, 0.3) is 0 Å². The molecular formula is C17H21N5O. The van der Waals surface area contributed by atoms with Crippen LogP contribution in [0.25, 0.3) is 0 Å². The van der Waals surface area contributed by atoms with Crippen LogP contribution in [0.5, 0.6) is 0 Å². The van der Waals surface area contributed by atoms with E-state index in [1.165, 1.54) is 12.8 Å². The highest BCUT2D eigenvalue weighted by Gasteiger charge is 2.15. The summed E-state index contributed by atoms with van der Waals surface area (Å²) in [5.41, 5.74) is 2.74. The van der Waals surface area contributed by atoms with Gasteiger partial charge >= 0.3 is 6.03 Å². The lowest BCUT2D eigenvalue weighted by molar-refractivity contribution is 0.251. The van der Waals surface area contributed by atoms with Crippen molar-refractivity contribution >= 4 is 17.7 Å². The zero-order valence-electron chi connectivity index (χ0n) is 13.2. The molecule has 1 aromatic carbocycles. The van der Waals surface area contributed by atoms with Crippen LogP contribution in [0.4, 0.5) is 16.4 Å². The summed E-state index contributed by atoms with van der Waals surface area (Å²) < 4.78 is 0. The van der Waals surface area contributed by atoms with Gasteiger partial charge in [-0.25, -0.2) is 14.8 Å². The zero-order valence-corrected chi connectivity index (χ0v) is 13.2. The second-order valence-corrected chi connectivity index (χ2v) is 5.72. The molecule has 2 amide bonds. The van der Waals surface area contributed by atoms with E-state index in [0.717, 1.165) is 36.0 Å². The quantitative estimate of drug-likeness (QED) is 0.911. The first-order chi connectivity index (χ1) is 11.2. The SMILES string of the molecule is Cc1ccc(NC(=O)NCc2ccnc(N3CCCC3)n2)cc1. The number of anilines is 2. The smallest absolute Gasteiger partial charge is 0.319 e. The Labute approximate surface area is 135 Å². The van der Waals surface area contributed by atoms with Crippen molar-refractivity contribution in [3.8, 4) is 0 Å². The first kappa shape index (κ1) is 15.3. The standard InChI is InChI=1S/C17H21N5O/c1-13-4-6-14(7-5-13)21-17(23)19-12-15-8-9-18-16(20-15)22-10-2-3-11-22/h4-9H,2-3,10-12H2,1H3,(H2,19,21,23). The summed E-state index contributed by atoms with van der Waals surface area (Å²) >= 11 is 0. The number of hydrogen-bond donors (Lipinski definition) is 2. The lowest BCUT2D eigenvalue weighted by Crippen LogP contribution is -2.29. The minimum absolute atomic E-state index is 0.241. The number of aryl methyl sites for hydroxylation is 1. The maximum atomic E-state index is 11.9. The Morgan fingerprint density at radius 2 is 1.91 bits per heavy atom. The molecule has 3 rings (SSSR count). The van der Waals surface area contributed by atoms with Crippen LogP contribution in [-0.2, 0) is 6.54 Å². The van der Waals surface area contributed by atoms with Gasteiger partial charge in [-0.1, -0.05) is 17.7 Å². The maximum absolute atomic E-state index is 11.9. The third kappa shape index (κ3) is 4.18. The van der Waals surface area contributed by atoms with E-state index in [0.29, 0.717) is 6.54 Å². The lowest BCUT2D eigenvalue weighted by atomic mass is 10.2. The number of urea groups is 1. The van der Waals surface area contributed by atoms with E-state index in [1.807, 2.05) is 37.3 Å². The van der Waals surface area contributed by atoms with Crippen LogP contribution in [0.15, 0.2) is 36.5 Å². The summed E-state index contributed by atoms with van der Waals surface area (Å²) in [5.74, 6) is 0.751. The highest BCUT2D eigenvalue weighted by molar-refractivity contribution is 5.89. The second kappa shape index (κ2) is 7.09. The predicted octanol–water partition coefficient (Wildman–Crippen LogP) is 2.71. The summed E-state index contributed by atoms with van der Waals surface area (Å²) in [7, 11) is 0. The van der Waals surface area contributed by atoms with E-state index < -0.39 is 0 Å². The molecule has 6 heteroatoms. The third-order valence-electron chi connectivity index (χ3n) is 3.83. The van der Waals surface area contributed by atoms with E-state index >= 15 is 0 Å². The van der Waals surface area contributed by atoms with Gasteiger partial charge in [-0.2, -0.15) is 0 Å². The van der Waals surface area contributed by atoms with Crippen LogP contribution in [0, 0.1) is 6.92 Å². The van der Waals surface area contributed by atoms with Crippen molar-refractivity contribution in [2.24, 2.45) is 0 Å². The number of rotatable bonds is 4. The van der Waals surface area contributed by atoms with Gasteiger partial charge in [-0.05, 0) is 38.0 Å². The van der Waals surface area contributed by atoms with Crippen molar-refractivity contribution in [3.05, 3.63) is 47.8 Å². The molecule has 0 atom stereocenters. The average Bonchev–Trinajstić information content (AvgIpc) is 3.10. The van der Waals surface area contributed by atoms with E-state index in [9.17, 15) is 4.79 Å². The van der Waals surface area contributed by atoms with Gasteiger partial charge in [0.2, 0.25) is 5.95 Å². The molecule has 1 saturated heterocycles. The van der Waals surface area contributed by atoms with E-state index in [2.05, 4.69) is 25.5 Å². The van der Waals surface area contributed by atoms with Crippen molar-refractivity contribution in [2.75, 3.05) is 23.3 Å². The van der Waals surface area contributed by atoms with Crippen molar-refractivity contribution in [1.29, 1.82) is 0 Å². The van der Waals surface area contributed by atoms with Crippen molar-refractivity contribution in [1.82, 2.24) is 15.3 Å². The Bertz CT molecular complexity index is 665. The molecule has 1 aliphatic heterocycles. The van der Waals surface area contributed by atoms with Gasteiger partial charge in [0, 0.05) is 25.0 Å². The van der Waals surface area contributed by atoms with Crippen LogP contribution < -0.4 is 15.5 Å².